The molecule has 0 spiro atoms. The summed E-state index contributed by atoms with van der Waals surface area (Å²) >= 11 is 0. The summed E-state index contributed by atoms with van der Waals surface area (Å²) in [5.41, 5.74) is 1.13. The second kappa shape index (κ2) is 3.62. The standard InChI is InChI=1S/C11H13N3/c1-9-12-8-14(10(2)13-9)11-6-4-3-5-7-11/h3-8,10H,1-2H3. The number of nitrogens with zero attached hydrogens (tertiary/aromatic N) is 3. The monoisotopic (exact) mass is 187 g/mol. The Morgan fingerprint density at radius 2 is 1.93 bits per heavy atom. The van der Waals surface area contributed by atoms with Crippen molar-refractivity contribution >= 4 is 17.9 Å². The number of hydrogen-bond donors (Lipinski definition) is 0. The zero-order valence-corrected chi connectivity index (χ0v) is 8.38. The third kappa shape index (κ3) is 1.66. The Kier molecular flexibility index (Phi) is 2.31. The molecule has 14 heavy (non-hydrogen) atoms. The minimum absolute atomic E-state index is 0.134. The predicted octanol–water partition coefficient (Wildman–Crippen LogP) is 2.30. The maximum Gasteiger partial charge on any atom is 0.125 e. The second-order valence-electron chi connectivity index (χ2n) is 3.30. The van der Waals surface area contributed by atoms with E-state index in [1.165, 1.54) is 0 Å². The van der Waals surface area contributed by atoms with Gasteiger partial charge in [0, 0.05) is 5.69 Å². The molecular weight excluding hydrogens is 174 g/mol. The molecule has 1 atom stereocenters. The second-order valence-corrected chi connectivity index (χ2v) is 3.30. The molecule has 3 nitrogen and oxygen atoms in total. The lowest BCUT2D eigenvalue weighted by atomic mass is 10.3. The van der Waals surface area contributed by atoms with Crippen molar-refractivity contribution in [3.8, 4) is 0 Å². The van der Waals surface area contributed by atoms with E-state index >= 15 is 0 Å². The molecule has 3 heteroatoms. The van der Waals surface area contributed by atoms with Crippen LogP contribution in [0.25, 0.3) is 0 Å². The summed E-state index contributed by atoms with van der Waals surface area (Å²) in [7, 11) is 0. The summed E-state index contributed by atoms with van der Waals surface area (Å²) in [6.45, 7) is 3.97. The van der Waals surface area contributed by atoms with E-state index in [1.807, 2.05) is 36.4 Å². The molecule has 0 N–H and O–H groups in total. The normalized spacial score (nSPS) is 20.9. The molecule has 0 aromatic heterocycles. The SMILES string of the molecule is CC1=NC(C)N(c2ccccc2)C=N1. The molecule has 0 saturated heterocycles. The Labute approximate surface area is 83.8 Å². The van der Waals surface area contributed by atoms with Crippen LogP contribution in [0.5, 0.6) is 0 Å². The first-order chi connectivity index (χ1) is 6.77. The number of para-hydroxylation sites is 1. The van der Waals surface area contributed by atoms with Gasteiger partial charge in [-0.15, -0.1) is 0 Å². The van der Waals surface area contributed by atoms with E-state index in [0.29, 0.717) is 0 Å². The van der Waals surface area contributed by atoms with Gasteiger partial charge in [-0.1, -0.05) is 18.2 Å². The van der Waals surface area contributed by atoms with E-state index in [9.17, 15) is 0 Å². The van der Waals surface area contributed by atoms with Crippen molar-refractivity contribution in [2.24, 2.45) is 9.98 Å². The van der Waals surface area contributed by atoms with Crippen LogP contribution in [0.3, 0.4) is 0 Å². The lowest BCUT2D eigenvalue weighted by Gasteiger charge is -2.26. The highest BCUT2D eigenvalue weighted by molar-refractivity contribution is 5.95. The number of amidine groups is 1. The molecule has 1 heterocycles. The zero-order chi connectivity index (χ0) is 9.97. The molecule has 1 aromatic rings. The smallest absolute Gasteiger partial charge is 0.125 e. The van der Waals surface area contributed by atoms with Gasteiger partial charge in [0.2, 0.25) is 0 Å². The van der Waals surface area contributed by atoms with Crippen molar-refractivity contribution in [2.75, 3.05) is 4.90 Å². The van der Waals surface area contributed by atoms with Gasteiger partial charge in [0.15, 0.2) is 0 Å². The summed E-state index contributed by atoms with van der Waals surface area (Å²) in [5, 5.41) is 0. The van der Waals surface area contributed by atoms with Crippen LogP contribution in [0.2, 0.25) is 0 Å². The quantitative estimate of drug-likeness (QED) is 0.663. The number of hydrogen-bond acceptors (Lipinski definition) is 3. The van der Waals surface area contributed by atoms with Crippen LogP contribution in [-0.4, -0.2) is 18.3 Å². The van der Waals surface area contributed by atoms with Crippen molar-refractivity contribution < 1.29 is 0 Å². The van der Waals surface area contributed by atoms with Crippen LogP contribution in [0.1, 0.15) is 13.8 Å². The van der Waals surface area contributed by atoms with E-state index in [1.54, 1.807) is 0 Å². The van der Waals surface area contributed by atoms with E-state index in [2.05, 4.69) is 29.0 Å². The molecular formula is C11H13N3. The number of rotatable bonds is 1. The molecule has 0 radical (unpaired) electrons. The molecule has 0 bridgehead atoms. The third-order valence-electron chi connectivity index (χ3n) is 2.20. The minimum Gasteiger partial charge on any atom is -0.310 e. The van der Waals surface area contributed by atoms with E-state index < -0.39 is 0 Å². The predicted molar refractivity (Wildman–Crippen MR) is 60.0 cm³/mol. The minimum atomic E-state index is 0.134. The van der Waals surface area contributed by atoms with Crippen LogP contribution >= 0.6 is 0 Å². The number of anilines is 1. The average molecular weight is 187 g/mol. The Morgan fingerprint density at radius 3 is 2.57 bits per heavy atom. The molecule has 2 rings (SSSR count). The summed E-state index contributed by atoms with van der Waals surface area (Å²) in [6.07, 6.45) is 1.97. The van der Waals surface area contributed by atoms with E-state index in [0.717, 1.165) is 11.5 Å². The topological polar surface area (TPSA) is 28.0 Å². The number of benzene rings is 1. The van der Waals surface area contributed by atoms with Gasteiger partial charge in [0.1, 0.15) is 12.0 Å². The van der Waals surface area contributed by atoms with Crippen LogP contribution in [0.4, 0.5) is 5.69 Å². The van der Waals surface area contributed by atoms with Crippen LogP contribution in [0, 0.1) is 0 Å². The average Bonchev–Trinajstić information content (AvgIpc) is 2.19. The molecule has 0 saturated carbocycles. The molecule has 1 aliphatic rings. The lowest BCUT2D eigenvalue weighted by Crippen LogP contribution is -2.33. The van der Waals surface area contributed by atoms with Crippen molar-refractivity contribution in [2.45, 2.75) is 20.0 Å². The summed E-state index contributed by atoms with van der Waals surface area (Å²) in [4.78, 5) is 10.6. The van der Waals surface area contributed by atoms with Gasteiger partial charge in [0.05, 0.1) is 6.34 Å². The van der Waals surface area contributed by atoms with Crippen molar-refractivity contribution in [3.63, 3.8) is 0 Å². The Bertz CT molecular complexity index is 367. The number of aliphatic imine (C=N–C) groups is 2. The van der Waals surface area contributed by atoms with Gasteiger partial charge in [-0.2, -0.15) is 0 Å². The maximum atomic E-state index is 4.39. The highest BCUT2D eigenvalue weighted by atomic mass is 15.3. The van der Waals surface area contributed by atoms with Crippen LogP contribution in [0.15, 0.2) is 40.3 Å². The fraction of sp³-hybridized carbons (Fsp3) is 0.273. The van der Waals surface area contributed by atoms with Gasteiger partial charge in [-0.05, 0) is 26.0 Å². The van der Waals surface area contributed by atoms with E-state index in [-0.39, 0.29) is 6.17 Å². The largest absolute Gasteiger partial charge is 0.310 e. The third-order valence-corrected chi connectivity index (χ3v) is 2.20. The molecule has 0 amide bonds. The molecule has 72 valence electrons. The van der Waals surface area contributed by atoms with Gasteiger partial charge < -0.3 is 4.90 Å². The van der Waals surface area contributed by atoms with Gasteiger partial charge >= 0.3 is 0 Å². The molecule has 0 aliphatic carbocycles. The van der Waals surface area contributed by atoms with Crippen molar-refractivity contribution in [3.05, 3.63) is 30.3 Å². The van der Waals surface area contributed by atoms with Crippen molar-refractivity contribution in [1.29, 1.82) is 0 Å². The highest BCUT2D eigenvalue weighted by Crippen LogP contribution is 2.17. The molecule has 0 fully saturated rings. The Hall–Kier alpha value is -1.64. The van der Waals surface area contributed by atoms with Crippen molar-refractivity contribution in [1.82, 2.24) is 0 Å². The first-order valence-corrected chi connectivity index (χ1v) is 4.69. The van der Waals surface area contributed by atoms with Crippen LogP contribution < -0.4 is 4.90 Å². The fourth-order valence-corrected chi connectivity index (χ4v) is 1.49. The van der Waals surface area contributed by atoms with Gasteiger partial charge in [-0.3, -0.25) is 0 Å². The Balaban J connectivity index is 2.26. The summed E-state index contributed by atoms with van der Waals surface area (Å²) in [5.74, 6) is 0.838. The lowest BCUT2D eigenvalue weighted by molar-refractivity contribution is 0.766. The van der Waals surface area contributed by atoms with Gasteiger partial charge in [-0.25, -0.2) is 9.98 Å². The first kappa shape index (κ1) is 8.94. The fourth-order valence-electron chi connectivity index (χ4n) is 1.49. The Morgan fingerprint density at radius 1 is 1.21 bits per heavy atom. The first-order valence-electron chi connectivity index (χ1n) is 4.69. The van der Waals surface area contributed by atoms with Gasteiger partial charge in [0.25, 0.3) is 0 Å². The summed E-state index contributed by atoms with van der Waals surface area (Å²) < 4.78 is 0. The zero-order valence-electron chi connectivity index (χ0n) is 8.38. The molecule has 1 unspecified atom stereocenters. The van der Waals surface area contributed by atoms with Crippen LogP contribution in [-0.2, 0) is 0 Å². The van der Waals surface area contributed by atoms with E-state index in [4.69, 9.17) is 0 Å². The maximum absolute atomic E-state index is 4.39. The highest BCUT2D eigenvalue weighted by Gasteiger charge is 2.14. The molecule has 1 aromatic carbocycles. The summed E-state index contributed by atoms with van der Waals surface area (Å²) in [6, 6.07) is 10.1. The molecule has 1 aliphatic heterocycles.